The van der Waals surface area contributed by atoms with Gasteiger partial charge in [-0.15, -0.1) is 0 Å². The lowest BCUT2D eigenvalue weighted by molar-refractivity contribution is 0.402. The van der Waals surface area contributed by atoms with Crippen LogP contribution in [0.3, 0.4) is 0 Å². The van der Waals surface area contributed by atoms with E-state index in [1.165, 1.54) is 6.21 Å². The number of rotatable bonds is 6. The zero-order chi connectivity index (χ0) is 22.5. The highest BCUT2D eigenvalue weighted by Gasteiger charge is 2.26. The van der Waals surface area contributed by atoms with Gasteiger partial charge in [-0.3, -0.25) is 0 Å². The fourth-order valence-electron chi connectivity index (χ4n) is 3.96. The minimum absolute atomic E-state index is 0.0387. The molecule has 0 aromatic heterocycles. The van der Waals surface area contributed by atoms with Gasteiger partial charge in [-0.1, -0.05) is 18.2 Å². The van der Waals surface area contributed by atoms with Crippen molar-refractivity contribution in [1.82, 2.24) is 10.3 Å². The molecule has 1 aliphatic heterocycles. The summed E-state index contributed by atoms with van der Waals surface area (Å²) < 4.78 is 0. The van der Waals surface area contributed by atoms with Crippen molar-refractivity contribution in [3.63, 3.8) is 0 Å². The van der Waals surface area contributed by atoms with Gasteiger partial charge < -0.3 is 31.7 Å². The summed E-state index contributed by atoms with van der Waals surface area (Å²) in [7, 11) is 5.90. The summed E-state index contributed by atoms with van der Waals surface area (Å²) in [5.41, 5.74) is 13.9. The van der Waals surface area contributed by atoms with Gasteiger partial charge in [-0.25, -0.2) is 5.84 Å². The lowest BCUT2D eigenvalue weighted by Gasteiger charge is -2.23. The number of hydrogen-bond donors (Lipinski definition) is 5. The van der Waals surface area contributed by atoms with E-state index >= 15 is 0 Å². The number of nitrogens with two attached hydrogens (primary N) is 2. The smallest absolute Gasteiger partial charge is 0.0777 e. The molecule has 0 fully saturated rings. The second-order valence-corrected chi connectivity index (χ2v) is 7.99. The van der Waals surface area contributed by atoms with Gasteiger partial charge in [0, 0.05) is 68.3 Å². The average Bonchev–Trinajstić information content (AvgIpc) is 2.88. The molecule has 2 aromatic rings. The van der Waals surface area contributed by atoms with Crippen LogP contribution in [0.15, 0.2) is 54.4 Å². The molecule has 0 aliphatic carbocycles. The molecule has 0 saturated heterocycles. The predicted molar refractivity (Wildman–Crippen MR) is 132 cm³/mol. The highest BCUT2D eigenvalue weighted by Crippen LogP contribution is 2.36. The topological polar surface area (TPSA) is 106 Å². The van der Waals surface area contributed by atoms with Crippen molar-refractivity contribution in [2.45, 2.75) is 19.4 Å². The lowest BCUT2D eigenvalue weighted by Crippen LogP contribution is -2.31. The van der Waals surface area contributed by atoms with Crippen LogP contribution < -0.4 is 27.1 Å². The number of fused-ring (bicyclic) bond motifs is 1. The third-order valence-electron chi connectivity index (χ3n) is 5.49. The van der Waals surface area contributed by atoms with Crippen molar-refractivity contribution >= 4 is 28.9 Å². The van der Waals surface area contributed by atoms with E-state index in [0.29, 0.717) is 12.2 Å². The SMILES string of the molecule is CN/C=C(\C=N)c1ccc2c(c1)C(Nc1cccc(N(C)C)c1)CCN(N)/C2=C(/C)N. The summed E-state index contributed by atoms with van der Waals surface area (Å²) in [6, 6.07) is 14.6. The maximum Gasteiger partial charge on any atom is 0.0777 e. The molecule has 31 heavy (non-hydrogen) atoms. The van der Waals surface area contributed by atoms with Gasteiger partial charge in [0.05, 0.1) is 11.7 Å². The summed E-state index contributed by atoms with van der Waals surface area (Å²) in [5.74, 6) is 6.39. The maximum absolute atomic E-state index is 7.81. The van der Waals surface area contributed by atoms with Crippen LogP contribution in [0.1, 0.15) is 36.1 Å². The van der Waals surface area contributed by atoms with Crippen LogP contribution in [-0.4, -0.2) is 38.9 Å². The molecule has 7 nitrogen and oxygen atoms in total. The summed E-state index contributed by atoms with van der Waals surface area (Å²) in [6.45, 7) is 2.55. The summed E-state index contributed by atoms with van der Waals surface area (Å²) in [4.78, 5) is 2.09. The van der Waals surface area contributed by atoms with Crippen molar-refractivity contribution in [3.8, 4) is 0 Å². The van der Waals surface area contributed by atoms with Gasteiger partial charge in [0.1, 0.15) is 0 Å². The van der Waals surface area contributed by atoms with Crippen molar-refractivity contribution in [2.75, 3.05) is 37.9 Å². The molecule has 3 rings (SSSR count). The summed E-state index contributed by atoms with van der Waals surface area (Å²) >= 11 is 0. The molecule has 1 heterocycles. The van der Waals surface area contributed by atoms with Crippen LogP contribution in [0.2, 0.25) is 0 Å². The number of allylic oxidation sites excluding steroid dienone is 2. The van der Waals surface area contributed by atoms with Crippen molar-refractivity contribution in [1.29, 1.82) is 5.41 Å². The maximum atomic E-state index is 7.81. The van der Waals surface area contributed by atoms with Crippen molar-refractivity contribution in [3.05, 3.63) is 71.1 Å². The largest absolute Gasteiger partial charge is 0.401 e. The summed E-state index contributed by atoms with van der Waals surface area (Å²) in [6.07, 6.45) is 4.00. The van der Waals surface area contributed by atoms with Crippen LogP contribution in [0.25, 0.3) is 11.3 Å². The van der Waals surface area contributed by atoms with Crippen LogP contribution in [0, 0.1) is 5.41 Å². The number of nitrogens with zero attached hydrogens (tertiary/aromatic N) is 2. The molecule has 7 heteroatoms. The normalized spacial score (nSPS) is 18.0. The van der Waals surface area contributed by atoms with Gasteiger partial charge in [0.25, 0.3) is 0 Å². The fourth-order valence-corrected chi connectivity index (χ4v) is 3.96. The Bertz CT molecular complexity index is 1000. The molecule has 0 spiro atoms. The molecule has 2 aromatic carbocycles. The second kappa shape index (κ2) is 9.57. The molecular weight excluding hydrogens is 386 g/mol. The van der Waals surface area contributed by atoms with E-state index in [9.17, 15) is 0 Å². The fraction of sp³-hybridized carbons (Fsp3) is 0.292. The van der Waals surface area contributed by atoms with Gasteiger partial charge in [0.2, 0.25) is 0 Å². The Labute approximate surface area is 184 Å². The van der Waals surface area contributed by atoms with Gasteiger partial charge in [-0.2, -0.15) is 0 Å². The highest BCUT2D eigenvalue weighted by atomic mass is 15.4. The molecule has 0 bridgehead atoms. The van der Waals surface area contributed by atoms with Crippen LogP contribution in [0.5, 0.6) is 0 Å². The van der Waals surface area contributed by atoms with Gasteiger partial charge >= 0.3 is 0 Å². The molecule has 164 valence electrons. The van der Waals surface area contributed by atoms with Crippen molar-refractivity contribution in [2.24, 2.45) is 11.6 Å². The van der Waals surface area contributed by atoms with E-state index in [0.717, 1.165) is 45.8 Å². The van der Waals surface area contributed by atoms with E-state index in [1.54, 1.807) is 5.01 Å². The molecule has 0 radical (unpaired) electrons. The molecule has 0 saturated carbocycles. The minimum Gasteiger partial charge on any atom is -0.401 e. The molecule has 1 atom stereocenters. The molecule has 7 N–H and O–H groups in total. The standard InChI is InChI=1S/C24H33N7/c1-16(26)24-21-9-8-17(18(14-25)15-28-2)12-22(21)23(10-11-31(24)27)29-19-6-5-7-20(13-19)30(3)4/h5-9,12-15,23,25,28-29H,10-11,26-27H2,1-4H3/b18-15+,24-16-,25-14?. The Kier molecular flexibility index (Phi) is 6.87. The predicted octanol–water partition coefficient (Wildman–Crippen LogP) is 3.34. The molecule has 0 amide bonds. The molecular formula is C24H33N7. The Morgan fingerprint density at radius 1 is 1.23 bits per heavy atom. The van der Waals surface area contributed by atoms with Crippen LogP contribution >= 0.6 is 0 Å². The quantitative estimate of drug-likeness (QED) is 0.363. The Morgan fingerprint density at radius 2 is 2.00 bits per heavy atom. The Hall–Kier alpha value is -3.45. The van der Waals surface area contributed by atoms with E-state index in [2.05, 4.69) is 51.9 Å². The van der Waals surface area contributed by atoms with Crippen LogP contribution in [-0.2, 0) is 0 Å². The first-order valence-corrected chi connectivity index (χ1v) is 10.4. The number of hydrazine groups is 1. The highest BCUT2D eigenvalue weighted by molar-refractivity contribution is 6.08. The number of hydrogen-bond acceptors (Lipinski definition) is 7. The number of benzene rings is 2. The third-order valence-corrected chi connectivity index (χ3v) is 5.49. The second-order valence-electron chi connectivity index (χ2n) is 7.99. The van der Waals surface area contributed by atoms with Crippen molar-refractivity contribution < 1.29 is 0 Å². The average molecular weight is 420 g/mol. The van der Waals surface area contributed by atoms with Crippen LogP contribution in [0.4, 0.5) is 11.4 Å². The minimum atomic E-state index is 0.0387. The van der Waals surface area contributed by atoms with E-state index < -0.39 is 0 Å². The van der Waals surface area contributed by atoms with E-state index in [-0.39, 0.29) is 6.04 Å². The van der Waals surface area contributed by atoms with E-state index in [4.69, 9.17) is 17.0 Å². The summed E-state index contributed by atoms with van der Waals surface area (Å²) in [5, 5.41) is 16.3. The first-order valence-electron chi connectivity index (χ1n) is 10.4. The first-order chi connectivity index (χ1) is 14.8. The zero-order valence-electron chi connectivity index (χ0n) is 18.7. The lowest BCUT2D eigenvalue weighted by atomic mass is 9.92. The van der Waals surface area contributed by atoms with E-state index in [1.807, 2.05) is 40.3 Å². The van der Waals surface area contributed by atoms with Gasteiger partial charge in [-0.05, 0) is 48.7 Å². The number of nitrogens with one attached hydrogen (secondary N) is 3. The Balaban J connectivity index is 2.12. The van der Waals surface area contributed by atoms with Gasteiger partial charge in [0.15, 0.2) is 0 Å². The third kappa shape index (κ3) is 4.83. The molecule has 1 unspecified atom stereocenters. The monoisotopic (exact) mass is 419 g/mol. The molecule has 1 aliphatic rings. The number of anilines is 2. The first kappa shape index (κ1) is 22.2. The zero-order valence-corrected chi connectivity index (χ0v) is 18.7. The Morgan fingerprint density at radius 3 is 2.65 bits per heavy atom.